The molecule has 0 saturated heterocycles. The molecule has 9 heteroatoms. The Hall–Kier alpha value is -3.20. The van der Waals surface area contributed by atoms with Gasteiger partial charge in [0.05, 0.1) is 17.7 Å². The fraction of sp³-hybridized carbons (Fsp3) is 0.0667. The van der Waals surface area contributed by atoms with E-state index in [1.165, 1.54) is 36.6 Å². The number of aromatic amines is 1. The van der Waals surface area contributed by atoms with Gasteiger partial charge in [-0.3, -0.25) is 10.1 Å². The third-order valence-electron chi connectivity index (χ3n) is 3.34. The van der Waals surface area contributed by atoms with Crippen molar-refractivity contribution >= 4 is 23.0 Å². The topological polar surface area (TPSA) is 118 Å². The molecule has 2 aromatic heterocycles. The van der Waals surface area contributed by atoms with Gasteiger partial charge in [0.1, 0.15) is 10.7 Å². The van der Waals surface area contributed by atoms with Crippen LogP contribution in [0.25, 0.3) is 21.8 Å². The second-order valence-electron chi connectivity index (χ2n) is 4.79. The van der Waals surface area contributed by atoms with E-state index in [2.05, 4.69) is 9.97 Å². The molecule has 0 radical (unpaired) electrons. The number of nitrogens with zero attached hydrogens (tertiary/aromatic N) is 2. The summed E-state index contributed by atoms with van der Waals surface area (Å²) >= 11 is 1.31. The number of hydrogen-bond donors (Lipinski definition) is 2. The minimum Gasteiger partial charge on any atom is -0.490 e. The van der Waals surface area contributed by atoms with E-state index >= 15 is 0 Å². The zero-order valence-electron chi connectivity index (χ0n) is 12.3. The van der Waals surface area contributed by atoms with Crippen molar-refractivity contribution in [2.24, 2.45) is 0 Å². The number of nitro groups is 1. The van der Waals surface area contributed by atoms with Crippen LogP contribution in [0.3, 0.4) is 0 Å². The molecule has 2 heterocycles. The van der Waals surface area contributed by atoms with Gasteiger partial charge in [-0.05, 0) is 18.2 Å². The molecule has 0 aliphatic rings. The number of aromatic nitrogens is 2. The van der Waals surface area contributed by atoms with Gasteiger partial charge >= 0.3 is 11.7 Å². The highest BCUT2D eigenvalue weighted by Gasteiger charge is 2.18. The number of rotatable bonds is 5. The molecule has 0 spiro atoms. The number of H-pyrrole nitrogens is 1. The van der Waals surface area contributed by atoms with Crippen LogP contribution >= 0.6 is 11.3 Å². The molecule has 0 fully saturated rings. The number of aromatic carboxylic acids is 1. The van der Waals surface area contributed by atoms with Gasteiger partial charge in [-0.2, -0.15) is 0 Å². The number of nitrogens with one attached hydrogen (secondary N) is 1. The van der Waals surface area contributed by atoms with Gasteiger partial charge in [-0.25, -0.2) is 9.78 Å². The van der Waals surface area contributed by atoms with E-state index in [1.54, 1.807) is 17.6 Å². The van der Waals surface area contributed by atoms with Crippen LogP contribution in [0.1, 0.15) is 10.5 Å². The first-order chi connectivity index (χ1) is 11.5. The summed E-state index contributed by atoms with van der Waals surface area (Å²) in [6.45, 7) is 0. The summed E-state index contributed by atoms with van der Waals surface area (Å²) in [6, 6.07) is 6.10. The maximum atomic E-state index is 11.1. The second-order valence-corrected chi connectivity index (χ2v) is 5.65. The van der Waals surface area contributed by atoms with Crippen molar-refractivity contribution in [3.8, 4) is 27.6 Å². The number of carbonyl (C=O) groups is 1. The Bertz CT molecular complexity index is 931. The predicted octanol–water partition coefficient (Wildman–Crippen LogP) is 3.42. The molecule has 0 amide bonds. The molecule has 0 aliphatic heterocycles. The first-order valence-corrected chi connectivity index (χ1v) is 7.58. The SMILES string of the molecule is COc1ccc(-c2nc(-c3c[nH]c(C(=O)O)c3)cs2)cc1[N+](=O)[O-]. The highest BCUT2D eigenvalue weighted by atomic mass is 32.1. The summed E-state index contributed by atoms with van der Waals surface area (Å²) < 4.78 is 4.98. The average molecular weight is 345 g/mol. The van der Waals surface area contributed by atoms with E-state index in [0.717, 1.165) is 0 Å². The molecule has 0 saturated carbocycles. The minimum atomic E-state index is -1.05. The Labute approximate surface area is 139 Å². The summed E-state index contributed by atoms with van der Waals surface area (Å²) in [5.74, 6) is -0.875. The smallest absolute Gasteiger partial charge is 0.352 e. The van der Waals surface area contributed by atoms with Crippen LogP contribution in [0.4, 0.5) is 5.69 Å². The molecule has 8 nitrogen and oxygen atoms in total. The van der Waals surface area contributed by atoms with Crippen molar-refractivity contribution in [2.45, 2.75) is 0 Å². The molecule has 24 heavy (non-hydrogen) atoms. The Morgan fingerprint density at radius 1 is 1.38 bits per heavy atom. The van der Waals surface area contributed by atoms with Crippen LogP contribution in [0.15, 0.2) is 35.8 Å². The van der Waals surface area contributed by atoms with Crippen molar-refractivity contribution in [3.63, 3.8) is 0 Å². The molecule has 1 aromatic carbocycles. The maximum Gasteiger partial charge on any atom is 0.352 e. The number of methoxy groups -OCH3 is 1. The van der Waals surface area contributed by atoms with E-state index in [0.29, 0.717) is 21.8 Å². The second kappa shape index (κ2) is 6.13. The van der Waals surface area contributed by atoms with Gasteiger partial charge in [0, 0.05) is 28.8 Å². The molecule has 122 valence electrons. The molecular weight excluding hydrogens is 334 g/mol. The van der Waals surface area contributed by atoms with E-state index in [-0.39, 0.29) is 17.1 Å². The number of ether oxygens (including phenoxy) is 1. The molecule has 0 bridgehead atoms. The zero-order valence-corrected chi connectivity index (χ0v) is 13.2. The minimum absolute atomic E-state index is 0.0691. The Kier molecular flexibility index (Phi) is 4.00. The van der Waals surface area contributed by atoms with Crippen molar-refractivity contribution in [3.05, 3.63) is 51.7 Å². The first-order valence-electron chi connectivity index (χ1n) is 6.70. The highest BCUT2D eigenvalue weighted by Crippen LogP contribution is 2.35. The number of carboxylic acid groups (broad SMARTS) is 1. The van der Waals surface area contributed by atoms with Gasteiger partial charge in [-0.15, -0.1) is 11.3 Å². The Morgan fingerprint density at radius 3 is 2.79 bits per heavy atom. The summed E-state index contributed by atoms with van der Waals surface area (Å²) in [6.07, 6.45) is 1.55. The number of thiazole rings is 1. The van der Waals surface area contributed by atoms with Gasteiger partial charge in [-0.1, -0.05) is 0 Å². The monoisotopic (exact) mass is 345 g/mol. The number of benzene rings is 1. The van der Waals surface area contributed by atoms with Crippen LogP contribution in [-0.2, 0) is 0 Å². The lowest BCUT2D eigenvalue weighted by Crippen LogP contribution is -1.94. The quantitative estimate of drug-likeness (QED) is 0.540. The van der Waals surface area contributed by atoms with Crippen molar-refractivity contribution in [1.29, 1.82) is 0 Å². The zero-order chi connectivity index (χ0) is 17.3. The largest absolute Gasteiger partial charge is 0.490 e. The fourth-order valence-corrected chi connectivity index (χ4v) is 3.00. The summed E-state index contributed by atoms with van der Waals surface area (Å²) in [5, 5.41) is 22.4. The lowest BCUT2D eigenvalue weighted by atomic mass is 10.2. The van der Waals surface area contributed by atoms with Crippen LogP contribution in [-0.4, -0.2) is 33.1 Å². The Morgan fingerprint density at radius 2 is 2.17 bits per heavy atom. The average Bonchev–Trinajstić information content (AvgIpc) is 3.23. The van der Waals surface area contributed by atoms with Crippen molar-refractivity contribution in [1.82, 2.24) is 9.97 Å². The molecular formula is C15H11N3O5S. The third-order valence-corrected chi connectivity index (χ3v) is 4.23. The molecule has 0 aliphatic carbocycles. The molecule has 2 N–H and O–H groups in total. The number of carboxylic acids is 1. The lowest BCUT2D eigenvalue weighted by Gasteiger charge is -2.02. The molecule has 3 aromatic rings. The fourth-order valence-electron chi connectivity index (χ4n) is 2.17. The van der Waals surface area contributed by atoms with Crippen LogP contribution < -0.4 is 4.74 Å². The van der Waals surface area contributed by atoms with Crippen LogP contribution in [0.5, 0.6) is 5.75 Å². The van der Waals surface area contributed by atoms with Gasteiger partial charge < -0.3 is 14.8 Å². The van der Waals surface area contributed by atoms with Gasteiger partial charge in [0.15, 0.2) is 5.75 Å². The van der Waals surface area contributed by atoms with E-state index < -0.39 is 10.9 Å². The van der Waals surface area contributed by atoms with Gasteiger partial charge in [0.2, 0.25) is 0 Å². The number of hydrogen-bond acceptors (Lipinski definition) is 6. The Balaban J connectivity index is 1.97. The molecule has 0 unspecified atom stereocenters. The summed E-state index contributed by atoms with van der Waals surface area (Å²) in [4.78, 5) is 28.6. The normalized spacial score (nSPS) is 10.5. The van der Waals surface area contributed by atoms with Crippen LogP contribution in [0.2, 0.25) is 0 Å². The van der Waals surface area contributed by atoms with E-state index in [4.69, 9.17) is 9.84 Å². The van der Waals surface area contributed by atoms with E-state index in [9.17, 15) is 14.9 Å². The summed E-state index contributed by atoms with van der Waals surface area (Å²) in [7, 11) is 1.37. The first kappa shape index (κ1) is 15.7. The lowest BCUT2D eigenvalue weighted by molar-refractivity contribution is -0.385. The van der Waals surface area contributed by atoms with E-state index in [1.807, 2.05) is 0 Å². The van der Waals surface area contributed by atoms with Gasteiger partial charge in [0.25, 0.3) is 0 Å². The molecule has 3 rings (SSSR count). The van der Waals surface area contributed by atoms with Crippen molar-refractivity contribution < 1.29 is 19.6 Å². The third kappa shape index (κ3) is 2.84. The highest BCUT2D eigenvalue weighted by molar-refractivity contribution is 7.13. The summed E-state index contributed by atoms with van der Waals surface area (Å²) in [5.41, 5.74) is 1.75. The van der Waals surface area contributed by atoms with Crippen molar-refractivity contribution in [2.75, 3.05) is 7.11 Å². The predicted molar refractivity (Wildman–Crippen MR) is 87.5 cm³/mol. The maximum absolute atomic E-state index is 11.1. The standard InChI is InChI=1S/C15H11N3O5S/c1-23-13-3-2-8(5-12(13)18(21)22)14-17-11(7-24-14)9-4-10(15(19)20)16-6-9/h2-7,16H,1H3,(H,19,20). The molecule has 0 atom stereocenters. The van der Waals surface area contributed by atoms with Crippen LogP contribution in [0, 0.1) is 10.1 Å². The number of nitro benzene ring substituents is 1.